The van der Waals surface area contributed by atoms with Crippen molar-refractivity contribution in [1.29, 1.82) is 0 Å². The molecule has 0 aromatic heterocycles. The molecule has 1 aromatic rings. The summed E-state index contributed by atoms with van der Waals surface area (Å²) in [6.07, 6.45) is 8.96. The van der Waals surface area contributed by atoms with Gasteiger partial charge in [-0.2, -0.15) is 0 Å². The van der Waals surface area contributed by atoms with Gasteiger partial charge in [-0.1, -0.05) is 25.8 Å². The van der Waals surface area contributed by atoms with Gasteiger partial charge in [-0.3, -0.25) is 0 Å². The van der Waals surface area contributed by atoms with Crippen molar-refractivity contribution in [2.24, 2.45) is 5.92 Å². The summed E-state index contributed by atoms with van der Waals surface area (Å²) in [4.78, 5) is 2.21. The summed E-state index contributed by atoms with van der Waals surface area (Å²) in [5, 5.41) is 3.70. The van der Waals surface area contributed by atoms with Crippen LogP contribution in [-0.4, -0.2) is 19.1 Å². The van der Waals surface area contributed by atoms with Gasteiger partial charge >= 0.3 is 0 Å². The maximum absolute atomic E-state index is 14.1. The van der Waals surface area contributed by atoms with E-state index in [0.29, 0.717) is 6.04 Å². The maximum atomic E-state index is 14.1. The fraction of sp³-hybridized carbons (Fsp3) is 0.684. The number of piperidine rings is 1. The molecule has 0 amide bonds. The standard InChI is InChI=1S/C19H29FN2/c1-15-7-3-4-8-18(15)21-14-16-9-10-17(20)19(13-16)22-11-5-2-6-12-22/h9-10,13,15,18,21H,2-8,11-12,14H2,1H3. The van der Waals surface area contributed by atoms with Crippen molar-refractivity contribution in [2.45, 2.75) is 64.5 Å². The monoisotopic (exact) mass is 304 g/mol. The second kappa shape index (κ2) is 7.45. The quantitative estimate of drug-likeness (QED) is 0.882. The molecule has 2 nitrogen and oxygen atoms in total. The molecule has 1 aliphatic heterocycles. The van der Waals surface area contributed by atoms with Gasteiger partial charge in [-0.05, 0) is 55.7 Å². The lowest BCUT2D eigenvalue weighted by Crippen LogP contribution is -2.36. The van der Waals surface area contributed by atoms with Crippen molar-refractivity contribution in [3.8, 4) is 0 Å². The topological polar surface area (TPSA) is 15.3 Å². The number of hydrogen-bond acceptors (Lipinski definition) is 2. The van der Waals surface area contributed by atoms with Gasteiger partial charge < -0.3 is 10.2 Å². The van der Waals surface area contributed by atoms with Crippen molar-refractivity contribution in [1.82, 2.24) is 5.32 Å². The molecule has 2 unspecified atom stereocenters. The third-order valence-electron chi connectivity index (χ3n) is 5.39. The molecule has 1 aromatic carbocycles. The van der Waals surface area contributed by atoms with E-state index in [9.17, 15) is 4.39 Å². The van der Waals surface area contributed by atoms with E-state index in [1.54, 1.807) is 6.07 Å². The molecule has 2 atom stereocenters. The zero-order chi connectivity index (χ0) is 15.4. The summed E-state index contributed by atoms with van der Waals surface area (Å²) in [5.74, 6) is 0.687. The predicted octanol–water partition coefficient (Wildman–Crippen LogP) is 4.48. The number of nitrogens with zero attached hydrogens (tertiary/aromatic N) is 1. The Morgan fingerprint density at radius 2 is 1.86 bits per heavy atom. The first-order chi connectivity index (χ1) is 10.7. The van der Waals surface area contributed by atoms with E-state index in [1.807, 2.05) is 6.07 Å². The normalized spacial score (nSPS) is 26.2. The molecule has 0 bridgehead atoms. The second-order valence-corrected chi connectivity index (χ2v) is 7.08. The molecule has 1 saturated heterocycles. The molecule has 1 N–H and O–H groups in total. The Bertz CT molecular complexity index is 482. The van der Waals surface area contributed by atoms with Crippen molar-refractivity contribution < 1.29 is 4.39 Å². The van der Waals surface area contributed by atoms with Gasteiger partial charge in [0.2, 0.25) is 0 Å². The minimum Gasteiger partial charge on any atom is -0.369 e. The minimum absolute atomic E-state index is 0.0725. The Morgan fingerprint density at radius 1 is 1.09 bits per heavy atom. The molecule has 22 heavy (non-hydrogen) atoms. The van der Waals surface area contributed by atoms with Gasteiger partial charge in [-0.15, -0.1) is 0 Å². The lowest BCUT2D eigenvalue weighted by Gasteiger charge is -2.31. The number of hydrogen-bond donors (Lipinski definition) is 1. The van der Waals surface area contributed by atoms with E-state index in [2.05, 4.69) is 23.2 Å². The fourth-order valence-corrected chi connectivity index (χ4v) is 3.91. The second-order valence-electron chi connectivity index (χ2n) is 7.08. The predicted molar refractivity (Wildman–Crippen MR) is 90.7 cm³/mol. The third-order valence-corrected chi connectivity index (χ3v) is 5.39. The van der Waals surface area contributed by atoms with Crippen molar-refractivity contribution in [2.75, 3.05) is 18.0 Å². The molecule has 1 saturated carbocycles. The van der Waals surface area contributed by atoms with E-state index in [1.165, 1.54) is 50.5 Å². The maximum Gasteiger partial charge on any atom is 0.146 e. The van der Waals surface area contributed by atoms with Crippen molar-refractivity contribution in [3.63, 3.8) is 0 Å². The number of nitrogens with one attached hydrogen (secondary N) is 1. The third kappa shape index (κ3) is 3.81. The summed E-state index contributed by atoms with van der Waals surface area (Å²) in [6, 6.07) is 6.26. The Hall–Kier alpha value is -1.09. The van der Waals surface area contributed by atoms with Crippen LogP contribution in [-0.2, 0) is 6.54 Å². The first-order valence-corrected chi connectivity index (χ1v) is 9.01. The van der Waals surface area contributed by atoms with Crippen molar-refractivity contribution in [3.05, 3.63) is 29.6 Å². The molecule has 122 valence electrons. The van der Waals surface area contributed by atoms with E-state index in [4.69, 9.17) is 0 Å². The molecule has 1 heterocycles. The highest BCUT2D eigenvalue weighted by Crippen LogP contribution is 2.26. The van der Waals surface area contributed by atoms with E-state index < -0.39 is 0 Å². The lowest BCUT2D eigenvalue weighted by atomic mass is 9.86. The number of anilines is 1. The molecule has 1 aliphatic carbocycles. The number of benzene rings is 1. The zero-order valence-electron chi connectivity index (χ0n) is 13.8. The average molecular weight is 304 g/mol. The summed E-state index contributed by atoms with van der Waals surface area (Å²) < 4.78 is 14.1. The van der Waals surface area contributed by atoms with Crippen molar-refractivity contribution >= 4 is 5.69 Å². The molecular weight excluding hydrogens is 275 g/mol. The average Bonchev–Trinajstić information content (AvgIpc) is 2.56. The molecule has 3 heteroatoms. The van der Waals surface area contributed by atoms with Crippen LogP contribution in [0.25, 0.3) is 0 Å². The zero-order valence-corrected chi connectivity index (χ0v) is 13.8. The van der Waals surface area contributed by atoms with Gasteiger partial charge in [0.05, 0.1) is 5.69 Å². The minimum atomic E-state index is -0.0725. The SMILES string of the molecule is CC1CCCCC1NCc1ccc(F)c(N2CCCCC2)c1. The van der Waals surface area contributed by atoms with Crippen LogP contribution in [0.2, 0.25) is 0 Å². The van der Waals surface area contributed by atoms with Gasteiger partial charge in [0.15, 0.2) is 0 Å². The van der Waals surface area contributed by atoms with Crippen LogP contribution in [0, 0.1) is 11.7 Å². The largest absolute Gasteiger partial charge is 0.369 e. The summed E-state index contributed by atoms with van der Waals surface area (Å²) >= 11 is 0. The summed E-state index contributed by atoms with van der Waals surface area (Å²) in [7, 11) is 0. The van der Waals surface area contributed by atoms with E-state index in [0.717, 1.165) is 31.2 Å². The van der Waals surface area contributed by atoms with E-state index in [-0.39, 0.29) is 5.82 Å². The first kappa shape index (κ1) is 15.8. The molecule has 0 radical (unpaired) electrons. The Balaban J connectivity index is 1.63. The highest BCUT2D eigenvalue weighted by molar-refractivity contribution is 5.50. The first-order valence-electron chi connectivity index (χ1n) is 9.01. The number of halogens is 1. The Labute approximate surface area is 134 Å². The summed E-state index contributed by atoms with van der Waals surface area (Å²) in [6.45, 7) is 5.19. The molecular formula is C19H29FN2. The van der Waals surface area contributed by atoms with Gasteiger partial charge in [0.25, 0.3) is 0 Å². The van der Waals surface area contributed by atoms with Crippen LogP contribution >= 0.6 is 0 Å². The molecule has 2 aliphatic rings. The fourth-order valence-electron chi connectivity index (χ4n) is 3.91. The smallest absolute Gasteiger partial charge is 0.146 e. The van der Waals surface area contributed by atoms with Gasteiger partial charge in [0, 0.05) is 25.7 Å². The van der Waals surface area contributed by atoms with Crippen LogP contribution in [0.1, 0.15) is 57.4 Å². The van der Waals surface area contributed by atoms with Gasteiger partial charge in [-0.25, -0.2) is 4.39 Å². The lowest BCUT2D eigenvalue weighted by molar-refractivity contribution is 0.279. The highest BCUT2D eigenvalue weighted by atomic mass is 19.1. The molecule has 0 spiro atoms. The van der Waals surface area contributed by atoms with Crippen LogP contribution in [0.4, 0.5) is 10.1 Å². The van der Waals surface area contributed by atoms with Gasteiger partial charge in [0.1, 0.15) is 5.82 Å². The summed E-state index contributed by atoms with van der Waals surface area (Å²) in [5.41, 5.74) is 2.01. The highest BCUT2D eigenvalue weighted by Gasteiger charge is 2.21. The Kier molecular flexibility index (Phi) is 5.35. The van der Waals surface area contributed by atoms with Crippen LogP contribution in [0.3, 0.4) is 0 Å². The van der Waals surface area contributed by atoms with Crippen LogP contribution < -0.4 is 10.2 Å². The van der Waals surface area contributed by atoms with Crippen LogP contribution in [0.15, 0.2) is 18.2 Å². The molecule has 3 rings (SSSR count). The molecule has 2 fully saturated rings. The van der Waals surface area contributed by atoms with Crippen LogP contribution in [0.5, 0.6) is 0 Å². The van der Waals surface area contributed by atoms with E-state index >= 15 is 0 Å². The Morgan fingerprint density at radius 3 is 2.64 bits per heavy atom. The number of rotatable bonds is 4.